The number of benzene rings is 1. The van der Waals surface area contributed by atoms with Crippen LogP contribution in [0.25, 0.3) is 11.0 Å². The van der Waals surface area contributed by atoms with Gasteiger partial charge >= 0.3 is 0 Å². The highest BCUT2D eigenvalue weighted by Crippen LogP contribution is 2.38. The maximum Gasteiger partial charge on any atom is 0.252 e. The van der Waals surface area contributed by atoms with Crippen molar-refractivity contribution in [2.45, 2.75) is 26.4 Å². The number of aromatic nitrogens is 3. The van der Waals surface area contributed by atoms with Gasteiger partial charge in [0, 0.05) is 23.5 Å². The van der Waals surface area contributed by atoms with Gasteiger partial charge < -0.3 is 14.8 Å². The molecule has 4 heterocycles. The quantitative estimate of drug-likeness (QED) is 0.463. The fourth-order valence-corrected chi connectivity index (χ4v) is 4.66. The zero-order chi connectivity index (χ0) is 22.1. The molecule has 1 amide bonds. The lowest BCUT2D eigenvalue weighted by Crippen LogP contribution is -2.23. The summed E-state index contributed by atoms with van der Waals surface area (Å²) in [5.74, 6) is 0.972. The Morgan fingerprint density at radius 3 is 3.00 bits per heavy atom. The number of amides is 1. The summed E-state index contributed by atoms with van der Waals surface area (Å²) in [7, 11) is 0. The molecule has 1 aliphatic heterocycles. The number of ether oxygens (including phenoxy) is 2. The Morgan fingerprint density at radius 1 is 1.28 bits per heavy atom. The molecule has 1 aliphatic rings. The topological polar surface area (TPSA) is 78.3 Å². The Kier molecular flexibility index (Phi) is 5.71. The van der Waals surface area contributed by atoms with Gasteiger partial charge in [-0.05, 0) is 42.1 Å². The molecule has 0 atom stereocenters. The van der Waals surface area contributed by atoms with E-state index in [1.807, 2.05) is 29.1 Å². The lowest BCUT2D eigenvalue weighted by molar-refractivity contribution is 0.0952. The van der Waals surface area contributed by atoms with Crippen LogP contribution in [0.3, 0.4) is 0 Å². The predicted octanol–water partition coefficient (Wildman–Crippen LogP) is 4.59. The van der Waals surface area contributed by atoms with Crippen LogP contribution in [0.4, 0.5) is 0 Å². The number of halogens is 1. The minimum atomic E-state index is -0.195. The van der Waals surface area contributed by atoms with Crippen LogP contribution in [0.1, 0.15) is 32.9 Å². The third-order valence-electron chi connectivity index (χ3n) is 5.18. The Bertz CT molecular complexity index is 1290. The van der Waals surface area contributed by atoms with E-state index in [0.29, 0.717) is 54.0 Å². The Labute approximate surface area is 193 Å². The van der Waals surface area contributed by atoms with Crippen LogP contribution in [0.5, 0.6) is 11.5 Å². The molecule has 0 radical (unpaired) electrons. The van der Waals surface area contributed by atoms with E-state index in [0.717, 1.165) is 23.1 Å². The predicted molar refractivity (Wildman–Crippen MR) is 124 cm³/mol. The third-order valence-corrected chi connectivity index (χ3v) is 6.32. The Balaban J connectivity index is 1.38. The van der Waals surface area contributed by atoms with Crippen LogP contribution in [0, 0.1) is 6.92 Å². The molecule has 32 heavy (non-hydrogen) atoms. The fourth-order valence-electron chi connectivity index (χ4n) is 3.69. The Morgan fingerprint density at radius 2 is 2.16 bits per heavy atom. The van der Waals surface area contributed by atoms with E-state index >= 15 is 0 Å². The van der Waals surface area contributed by atoms with E-state index in [4.69, 9.17) is 21.1 Å². The molecule has 0 spiro atoms. The average molecular weight is 469 g/mol. The number of pyridine rings is 1. The number of fused-ring (bicyclic) bond motifs is 2. The van der Waals surface area contributed by atoms with Gasteiger partial charge in [-0.3, -0.25) is 4.79 Å². The van der Waals surface area contributed by atoms with Crippen molar-refractivity contribution in [3.8, 4) is 11.5 Å². The number of thiophene rings is 1. The lowest BCUT2D eigenvalue weighted by Gasteiger charge is -2.12. The minimum Gasteiger partial charge on any atom is -0.489 e. The first-order valence-corrected chi connectivity index (χ1v) is 11.6. The molecule has 3 aromatic heterocycles. The molecule has 7 nitrogen and oxygen atoms in total. The number of aryl methyl sites for hydroxylation is 1. The van der Waals surface area contributed by atoms with Gasteiger partial charge in [0.15, 0.2) is 17.1 Å². The van der Waals surface area contributed by atoms with Crippen molar-refractivity contribution >= 4 is 39.9 Å². The highest BCUT2D eigenvalue weighted by Gasteiger charge is 2.18. The van der Waals surface area contributed by atoms with Crippen molar-refractivity contribution < 1.29 is 14.3 Å². The number of carbonyl (C=O) groups excluding carboxylic acids is 1. The van der Waals surface area contributed by atoms with E-state index in [9.17, 15) is 4.79 Å². The molecule has 0 unspecified atom stereocenters. The van der Waals surface area contributed by atoms with Crippen molar-refractivity contribution in [2.75, 3.05) is 13.2 Å². The first-order chi connectivity index (χ1) is 15.6. The number of hydrogen-bond acceptors (Lipinski definition) is 6. The molecule has 164 valence electrons. The molecule has 0 aliphatic carbocycles. The summed E-state index contributed by atoms with van der Waals surface area (Å²) >= 11 is 8.04. The zero-order valence-corrected chi connectivity index (χ0v) is 19.0. The largest absolute Gasteiger partial charge is 0.489 e. The second kappa shape index (κ2) is 8.80. The number of nitrogens with zero attached hydrogens (tertiary/aromatic N) is 3. The van der Waals surface area contributed by atoms with Gasteiger partial charge in [0.05, 0.1) is 41.9 Å². The van der Waals surface area contributed by atoms with E-state index < -0.39 is 0 Å². The Hall–Kier alpha value is -3.10. The van der Waals surface area contributed by atoms with Crippen LogP contribution in [0.15, 0.2) is 41.9 Å². The van der Waals surface area contributed by atoms with E-state index in [-0.39, 0.29) is 5.91 Å². The van der Waals surface area contributed by atoms with Crippen molar-refractivity contribution in [3.63, 3.8) is 0 Å². The molecule has 5 rings (SSSR count). The highest BCUT2D eigenvalue weighted by atomic mass is 35.5. The van der Waals surface area contributed by atoms with Crippen molar-refractivity contribution in [1.29, 1.82) is 0 Å². The SMILES string of the molecule is Cc1cc(C(=O)NCc2cc(Cl)c3c(c2)OCCCO3)c2cnn(Cc3cccs3)c2n1. The maximum absolute atomic E-state index is 13.1. The third kappa shape index (κ3) is 4.16. The van der Waals surface area contributed by atoms with Gasteiger partial charge in [-0.2, -0.15) is 5.10 Å². The summed E-state index contributed by atoms with van der Waals surface area (Å²) in [6, 6.07) is 9.51. The summed E-state index contributed by atoms with van der Waals surface area (Å²) in [6.07, 6.45) is 2.50. The zero-order valence-electron chi connectivity index (χ0n) is 17.4. The van der Waals surface area contributed by atoms with E-state index in [1.165, 1.54) is 4.88 Å². The van der Waals surface area contributed by atoms with Gasteiger partial charge in [0.2, 0.25) is 0 Å². The summed E-state index contributed by atoms with van der Waals surface area (Å²) in [5.41, 5.74) is 2.84. The molecule has 4 aromatic rings. The molecular formula is C23H21ClN4O3S. The number of rotatable bonds is 5. The van der Waals surface area contributed by atoms with E-state index in [1.54, 1.807) is 29.7 Å². The number of carbonyl (C=O) groups is 1. The fraction of sp³-hybridized carbons (Fsp3) is 0.261. The minimum absolute atomic E-state index is 0.195. The monoisotopic (exact) mass is 468 g/mol. The van der Waals surface area contributed by atoms with Crippen molar-refractivity contribution in [2.24, 2.45) is 0 Å². The average Bonchev–Trinajstić information content (AvgIpc) is 3.36. The van der Waals surface area contributed by atoms with Crippen LogP contribution >= 0.6 is 22.9 Å². The maximum atomic E-state index is 13.1. The second-order valence-corrected chi connectivity index (χ2v) is 9.01. The molecule has 1 N–H and O–H groups in total. The summed E-state index contributed by atoms with van der Waals surface area (Å²) in [4.78, 5) is 18.9. The van der Waals surface area contributed by atoms with Gasteiger partial charge in [-0.25, -0.2) is 9.67 Å². The number of hydrogen-bond donors (Lipinski definition) is 1. The van der Waals surface area contributed by atoms with Crippen LogP contribution in [-0.4, -0.2) is 33.9 Å². The normalized spacial score (nSPS) is 13.2. The molecule has 0 fully saturated rings. The van der Waals surface area contributed by atoms with Gasteiger partial charge in [-0.1, -0.05) is 17.7 Å². The molecule has 0 saturated carbocycles. The molecule has 9 heteroatoms. The van der Waals surface area contributed by atoms with Crippen molar-refractivity contribution in [3.05, 3.63) is 68.6 Å². The molecule has 0 bridgehead atoms. The van der Waals surface area contributed by atoms with Gasteiger partial charge in [0.25, 0.3) is 5.91 Å². The molecule has 1 aromatic carbocycles. The lowest BCUT2D eigenvalue weighted by atomic mass is 10.1. The van der Waals surface area contributed by atoms with Crippen LogP contribution in [0.2, 0.25) is 5.02 Å². The highest BCUT2D eigenvalue weighted by molar-refractivity contribution is 7.09. The van der Waals surface area contributed by atoms with Crippen LogP contribution < -0.4 is 14.8 Å². The van der Waals surface area contributed by atoms with Gasteiger partial charge in [0.1, 0.15) is 0 Å². The van der Waals surface area contributed by atoms with Crippen molar-refractivity contribution in [1.82, 2.24) is 20.1 Å². The van der Waals surface area contributed by atoms with E-state index in [2.05, 4.69) is 21.5 Å². The molecule has 0 saturated heterocycles. The standard InChI is InChI=1S/C23H21ClN4O3S/c1-14-8-17(18-12-26-28(22(18)27-14)13-16-4-2-7-32-16)23(29)25-11-15-9-19(24)21-20(10-15)30-5-3-6-31-21/h2,4,7-10,12H,3,5-6,11,13H2,1H3,(H,25,29). The first kappa shape index (κ1) is 20.8. The van der Waals surface area contributed by atoms with Crippen LogP contribution in [-0.2, 0) is 13.1 Å². The molecular weight excluding hydrogens is 448 g/mol. The summed E-state index contributed by atoms with van der Waals surface area (Å²) in [5, 5.41) is 10.7. The smallest absolute Gasteiger partial charge is 0.252 e. The summed E-state index contributed by atoms with van der Waals surface area (Å²) < 4.78 is 13.2. The first-order valence-electron chi connectivity index (χ1n) is 10.3. The second-order valence-electron chi connectivity index (χ2n) is 7.57. The summed E-state index contributed by atoms with van der Waals surface area (Å²) in [6.45, 7) is 3.95. The van der Waals surface area contributed by atoms with Gasteiger partial charge in [-0.15, -0.1) is 11.3 Å². The number of nitrogens with one attached hydrogen (secondary N) is 1.